The average molecular weight is 356 g/mol. The number of rotatable bonds is 4. The smallest absolute Gasteiger partial charge is 0.319 e. The SMILES string of the molecule is O=C(Nc1ccccc1)c1nn(-c2ccc(-c3ccccc3)cc2)c(=O)[nH]1. The molecule has 1 amide bonds. The molecule has 3 aromatic carbocycles. The van der Waals surface area contributed by atoms with Crippen LogP contribution in [0.4, 0.5) is 5.69 Å². The van der Waals surface area contributed by atoms with Crippen LogP contribution in [-0.2, 0) is 0 Å². The summed E-state index contributed by atoms with van der Waals surface area (Å²) >= 11 is 0. The number of nitrogens with zero attached hydrogens (tertiary/aromatic N) is 2. The Labute approximate surface area is 155 Å². The Morgan fingerprint density at radius 3 is 2.07 bits per heavy atom. The van der Waals surface area contributed by atoms with Crippen LogP contribution in [0.25, 0.3) is 16.8 Å². The molecule has 0 aliphatic rings. The summed E-state index contributed by atoms with van der Waals surface area (Å²) in [5.74, 6) is -0.519. The molecule has 0 saturated heterocycles. The first-order chi connectivity index (χ1) is 13.2. The molecule has 4 aromatic rings. The van der Waals surface area contributed by atoms with Gasteiger partial charge in [-0.25, -0.2) is 4.79 Å². The summed E-state index contributed by atoms with van der Waals surface area (Å²) in [6.45, 7) is 0. The third-order valence-electron chi connectivity index (χ3n) is 4.08. The predicted molar refractivity (Wildman–Crippen MR) is 104 cm³/mol. The van der Waals surface area contributed by atoms with Gasteiger partial charge in [-0.1, -0.05) is 60.7 Å². The van der Waals surface area contributed by atoms with Crippen molar-refractivity contribution in [1.82, 2.24) is 14.8 Å². The number of carbonyl (C=O) groups excluding carboxylic acids is 1. The van der Waals surface area contributed by atoms with Crippen LogP contribution in [0.2, 0.25) is 0 Å². The van der Waals surface area contributed by atoms with Crippen molar-refractivity contribution in [2.45, 2.75) is 0 Å². The van der Waals surface area contributed by atoms with Crippen LogP contribution in [0.3, 0.4) is 0 Å². The highest BCUT2D eigenvalue weighted by molar-refractivity contribution is 6.01. The van der Waals surface area contributed by atoms with E-state index in [2.05, 4.69) is 15.4 Å². The van der Waals surface area contributed by atoms with Crippen LogP contribution < -0.4 is 11.0 Å². The molecule has 0 bridgehead atoms. The highest BCUT2D eigenvalue weighted by Gasteiger charge is 2.14. The predicted octanol–water partition coefficient (Wildman–Crippen LogP) is 3.48. The summed E-state index contributed by atoms with van der Waals surface area (Å²) in [5, 5.41) is 6.81. The van der Waals surface area contributed by atoms with E-state index in [0.29, 0.717) is 11.4 Å². The largest absolute Gasteiger partial charge is 0.348 e. The van der Waals surface area contributed by atoms with Gasteiger partial charge in [0.15, 0.2) is 0 Å². The van der Waals surface area contributed by atoms with Crippen LogP contribution in [-0.4, -0.2) is 20.7 Å². The van der Waals surface area contributed by atoms with Crippen molar-refractivity contribution in [3.05, 3.63) is 101 Å². The van der Waals surface area contributed by atoms with Crippen molar-refractivity contribution >= 4 is 11.6 Å². The first-order valence-corrected chi connectivity index (χ1v) is 8.42. The summed E-state index contributed by atoms with van der Waals surface area (Å²) in [6.07, 6.45) is 0. The number of carbonyl (C=O) groups is 1. The molecular weight excluding hydrogens is 340 g/mol. The van der Waals surface area contributed by atoms with Gasteiger partial charge in [-0.3, -0.25) is 9.78 Å². The Bertz CT molecular complexity index is 1110. The van der Waals surface area contributed by atoms with Crippen LogP contribution >= 0.6 is 0 Å². The second-order valence-corrected chi connectivity index (χ2v) is 5.92. The van der Waals surface area contributed by atoms with Gasteiger partial charge < -0.3 is 5.32 Å². The number of anilines is 1. The van der Waals surface area contributed by atoms with Gasteiger partial charge in [-0.05, 0) is 35.4 Å². The van der Waals surface area contributed by atoms with Crippen molar-refractivity contribution in [2.75, 3.05) is 5.32 Å². The zero-order valence-electron chi connectivity index (χ0n) is 14.3. The summed E-state index contributed by atoms with van der Waals surface area (Å²) in [5.41, 5.74) is 2.85. The van der Waals surface area contributed by atoms with E-state index in [1.807, 2.05) is 60.7 Å². The number of aromatic amines is 1. The van der Waals surface area contributed by atoms with E-state index < -0.39 is 11.6 Å². The molecule has 0 aliphatic heterocycles. The van der Waals surface area contributed by atoms with E-state index in [-0.39, 0.29) is 5.82 Å². The second-order valence-electron chi connectivity index (χ2n) is 5.92. The molecule has 0 atom stereocenters. The number of para-hydroxylation sites is 1. The number of benzene rings is 3. The second kappa shape index (κ2) is 7.13. The van der Waals surface area contributed by atoms with Gasteiger partial charge in [-0.15, -0.1) is 5.10 Å². The lowest BCUT2D eigenvalue weighted by Gasteiger charge is -2.04. The molecular formula is C21H16N4O2. The quantitative estimate of drug-likeness (QED) is 0.587. The van der Waals surface area contributed by atoms with E-state index in [9.17, 15) is 9.59 Å². The van der Waals surface area contributed by atoms with Gasteiger partial charge in [0, 0.05) is 5.69 Å². The van der Waals surface area contributed by atoms with E-state index in [0.717, 1.165) is 11.1 Å². The minimum absolute atomic E-state index is 0.0454. The summed E-state index contributed by atoms with van der Waals surface area (Å²) in [6, 6.07) is 26.3. The van der Waals surface area contributed by atoms with Crippen molar-refractivity contribution in [1.29, 1.82) is 0 Å². The summed E-state index contributed by atoms with van der Waals surface area (Å²) < 4.78 is 1.18. The van der Waals surface area contributed by atoms with Gasteiger partial charge in [0.25, 0.3) is 5.91 Å². The Hall–Kier alpha value is -3.93. The number of hydrogen-bond acceptors (Lipinski definition) is 3. The summed E-state index contributed by atoms with van der Waals surface area (Å²) in [7, 11) is 0. The minimum atomic E-state index is -0.474. The molecule has 1 aromatic heterocycles. The first kappa shape index (κ1) is 16.5. The lowest BCUT2D eigenvalue weighted by Crippen LogP contribution is -2.15. The van der Waals surface area contributed by atoms with Crippen LogP contribution in [0, 0.1) is 0 Å². The van der Waals surface area contributed by atoms with E-state index in [1.54, 1.807) is 24.3 Å². The maximum absolute atomic E-state index is 12.3. The highest BCUT2D eigenvalue weighted by Crippen LogP contribution is 2.20. The first-order valence-electron chi connectivity index (χ1n) is 8.42. The van der Waals surface area contributed by atoms with Gasteiger partial charge in [0.2, 0.25) is 5.82 Å². The molecule has 0 saturated carbocycles. The molecule has 0 fully saturated rings. The number of aromatic nitrogens is 3. The molecule has 6 nitrogen and oxygen atoms in total. The summed E-state index contributed by atoms with van der Waals surface area (Å²) in [4.78, 5) is 27.0. The molecule has 0 aliphatic carbocycles. The molecule has 2 N–H and O–H groups in total. The molecule has 6 heteroatoms. The zero-order valence-corrected chi connectivity index (χ0v) is 14.3. The third-order valence-corrected chi connectivity index (χ3v) is 4.08. The maximum atomic E-state index is 12.3. The number of hydrogen-bond donors (Lipinski definition) is 2. The molecule has 27 heavy (non-hydrogen) atoms. The molecule has 132 valence electrons. The molecule has 0 unspecified atom stereocenters. The Morgan fingerprint density at radius 1 is 0.815 bits per heavy atom. The minimum Gasteiger partial charge on any atom is -0.319 e. The Kier molecular flexibility index (Phi) is 4.37. The topological polar surface area (TPSA) is 79.8 Å². The molecule has 0 spiro atoms. The number of nitrogens with one attached hydrogen (secondary N) is 2. The molecule has 0 radical (unpaired) electrons. The third kappa shape index (κ3) is 3.55. The van der Waals surface area contributed by atoms with Crippen molar-refractivity contribution in [3.8, 4) is 16.8 Å². The Morgan fingerprint density at radius 2 is 1.41 bits per heavy atom. The fourth-order valence-electron chi connectivity index (χ4n) is 2.74. The standard InChI is InChI=1S/C21H16N4O2/c26-20(22-17-9-5-2-6-10-17)19-23-21(27)25(24-19)18-13-11-16(12-14-18)15-7-3-1-4-8-15/h1-14H,(H,22,26)(H,23,24,27). The monoisotopic (exact) mass is 356 g/mol. The highest BCUT2D eigenvalue weighted by atomic mass is 16.2. The van der Waals surface area contributed by atoms with Crippen molar-refractivity contribution in [3.63, 3.8) is 0 Å². The maximum Gasteiger partial charge on any atom is 0.348 e. The van der Waals surface area contributed by atoms with Crippen LogP contribution in [0.1, 0.15) is 10.6 Å². The number of amides is 1. The van der Waals surface area contributed by atoms with Gasteiger partial charge in [0.1, 0.15) is 0 Å². The van der Waals surface area contributed by atoms with Crippen molar-refractivity contribution < 1.29 is 4.79 Å². The normalized spacial score (nSPS) is 10.5. The molecule has 4 rings (SSSR count). The lowest BCUT2D eigenvalue weighted by atomic mass is 10.1. The zero-order chi connectivity index (χ0) is 18.6. The van der Waals surface area contributed by atoms with E-state index >= 15 is 0 Å². The fraction of sp³-hybridized carbons (Fsp3) is 0. The molecule has 1 heterocycles. The van der Waals surface area contributed by atoms with Gasteiger partial charge in [-0.2, -0.15) is 4.68 Å². The van der Waals surface area contributed by atoms with Crippen molar-refractivity contribution in [2.24, 2.45) is 0 Å². The van der Waals surface area contributed by atoms with E-state index in [1.165, 1.54) is 4.68 Å². The number of H-pyrrole nitrogens is 1. The Balaban J connectivity index is 1.58. The van der Waals surface area contributed by atoms with Gasteiger partial charge in [0.05, 0.1) is 5.69 Å². The van der Waals surface area contributed by atoms with Gasteiger partial charge >= 0.3 is 5.69 Å². The van der Waals surface area contributed by atoms with Crippen LogP contribution in [0.15, 0.2) is 89.7 Å². The average Bonchev–Trinajstić information content (AvgIpc) is 3.11. The fourth-order valence-corrected chi connectivity index (χ4v) is 2.74. The lowest BCUT2D eigenvalue weighted by molar-refractivity contribution is 0.101. The van der Waals surface area contributed by atoms with E-state index in [4.69, 9.17) is 0 Å². The van der Waals surface area contributed by atoms with Crippen LogP contribution in [0.5, 0.6) is 0 Å².